The SMILES string of the molecule is CCCCCCCCCCCCCCCC(=O)C1CCCCC1. The summed E-state index contributed by atoms with van der Waals surface area (Å²) in [6.45, 7) is 2.28. The number of ketones is 1. The largest absolute Gasteiger partial charge is 0.299 e. The summed E-state index contributed by atoms with van der Waals surface area (Å²) >= 11 is 0. The van der Waals surface area contributed by atoms with Gasteiger partial charge in [0.05, 0.1) is 0 Å². The molecule has 0 spiro atoms. The first kappa shape index (κ1) is 20.7. The third-order valence-electron chi connectivity index (χ3n) is 5.59. The number of hydrogen-bond donors (Lipinski definition) is 0. The number of hydrogen-bond acceptors (Lipinski definition) is 1. The van der Waals surface area contributed by atoms with Crippen molar-refractivity contribution in [1.29, 1.82) is 0 Å². The standard InChI is InChI=1S/C22H42O/c1-2-3-4-5-6-7-8-9-10-11-12-13-17-20-22(23)21-18-15-14-16-19-21/h21H,2-20H2,1H3. The Hall–Kier alpha value is -0.330. The molecule has 1 saturated carbocycles. The highest BCUT2D eigenvalue weighted by molar-refractivity contribution is 5.80. The quantitative estimate of drug-likeness (QED) is 0.283. The number of rotatable bonds is 15. The molecule has 0 aromatic carbocycles. The van der Waals surface area contributed by atoms with E-state index in [9.17, 15) is 4.79 Å². The smallest absolute Gasteiger partial charge is 0.135 e. The second-order valence-corrected chi connectivity index (χ2v) is 7.79. The fourth-order valence-electron chi connectivity index (χ4n) is 3.95. The molecule has 0 bridgehead atoms. The van der Waals surface area contributed by atoms with Crippen LogP contribution in [0.4, 0.5) is 0 Å². The molecule has 0 saturated heterocycles. The molecular weight excluding hydrogens is 280 g/mol. The predicted octanol–water partition coefficient (Wildman–Crippen LogP) is 7.62. The predicted molar refractivity (Wildman–Crippen MR) is 102 cm³/mol. The van der Waals surface area contributed by atoms with E-state index in [0.29, 0.717) is 11.7 Å². The molecule has 0 aliphatic heterocycles. The Balaban J connectivity index is 1.76. The fourth-order valence-corrected chi connectivity index (χ4v) is 3.95. The maximum absolute atomic E-state index is 12.1. The normalized spacial score (nSPS) is 15.9. The molecule has 0 aromatic rings. The summed E-state index contributed by atoms with van der Waals surface area (Å²) in [5.74, 6) is 1.01. The number of unbranched alkanes of at least 4 members (excludes halogenated alkanes) is 12. The van der Waals surface area contributed by atoms with Crippen molar-refractivity contribution >= 4 is 5.78 Å². The van der Waals surface area contributed by atoms with Crippen LogP contribution >= 0.6 is 0 Å². The van der Waals surface area contributed by atoms with Crippen LogP contribution in [0.3, 0.4) is 0 Å². The zero-order chi connectivity index (χ0) is 16.6. The second kappa shape index (κ2) is 15.2. The topological polar surface area (TPSA) is 17.1 Å². The Morgan fingerprint density at radius 2 is 1.09 bits per heavy atom. The van der Waals surface area contributed by atoms with Crippen LogP contribution in [-0.4, -0.2) is 5.78 Å². The Labute approximate surface area is 146 Å². The Bertz CT molecular complexity index is 265. The average molecular weight is 323 g/mol. The molecule has 23 heavy (non-hydrogen) atoms. The molecule has 0 heterocycles. The van der Waals surface area contributed by atoms with Crippen molar-refractivity contribution < 1.29 is 4.79 Å². The van der Waals surface area contributed by atoms with Gasteiger partial charge in [0.2, 0.25) is 0 Å². The molecule has 0 aromatic heterocycles. The van der Waals surface area contributed by atoms with Crippen molar-refractivity contribution in [2.75, 3.05) is 0 Å². The van der Waals surface area contributed by atoms with Crippen LogP contribution in [-0.2, 0) is 4.79 Å². The maximum atomic E-state index is 12.1. The summed E-state index contributed by atoms with van der Waals surface area (Å²) in [5, 5.41) is 0. The van der Waals surface area contributed by atoms with Crippen molar-refractivity contribution in [1.82, 2.24) is 0 Å². The number of carbonyl (C=O) groups excluding carboxylic acids is 1. The minimum absolute atomic E-state index is 0.432. The summed E-state index contributed by atoms with van der Waals surface area (Å²) in [5.41, 5.74) is 0. The summed E-state index contributed by atoms with van der Waals surface area (Å²) in [7, 11) is 0. The van der Waals surface area contributed by atoms with Crippen molar-refractivity contribution in [3.05, 3.63) is 0 Å². The van der Waals surface area contributed by atoms with E-state index in [2.05, 4.69) is 6.92 Å². The van der Waals surface area contributed by atoms with Crippen LogP contribution in [0.25, 0.3) is 0 Å². The van der Waals surface area contributed by atoms with E-state index < -0.39 is 0 Å². The van der Waals surface area contributed by atoms with E-state index in [1.165, 1.54) is 109 Å². The molecule has 0 N–H and O–H groups in total. The zero-order valence-corrected chi connectivity index (χ0v) is 15.9. The Morgan fingerprint density at radius 3 is 1.57 bits per heavy atom. The highest BCUT2D eigenvalue weighted by atomic mass is 16.1. The lowest BCUT2D eigenvalue weighted by molar-refractivity contribution is -0.123. The summed E-state index contributed by atoms with van der Waals surface area (Å²) in [6.07, 6.45) is 25.1. The van der Waals surface area contributed by atoms with Gasteiger partial charge in [-0.25, -0.2) is 0 Å². The molecule has 0 radical (unpaired) electrons. The van der Waals surface area contributed by atoms with Crippen molar-refractivity contribution in [3.8, 4) is 0 Å². The Kier molecular flexibility index (Phi) is 13.7. The fraction of sp³-hybridized carbons (Fsp3) is 0.955. The van der Waals surface area contributed by atoms with Gasteiger partial charge in [0.15, 0.2) is 0 Å². The van der Waals surface area contributed by atoms with Crippen LogP contribution in [0, 0.1) is 5.92 Å². The van der Waals surface area contributed by atoms with Crippen LogP contribution in [0.5, 0.6) is 0 Å². The number of carbonyl (C=O) groups is 1. The van der Waals surface area contributed by atoms with E-state index in [1.54, 1.807) is 0 Å². The van der Waals surface area contributed by atoms with Crippen LogP contribution in [0.1, 0.15) is 129 Å². The summed E-state index contributed by atoms with van der Waals surface area (Å²) < 4.78 is 0. The van der Waals surface area contributed by atoms with Crippen molar-refractivity contribution in [2.24, 2.45) is 5.92 Å². The number of Topliss-reactive ketones (excluding diaryl/α,β-unsaturated/α-hetero) is 1. The van der Waals surface area contributed by atoms with E-state index >= 15 is 0 Å². The molecule has 136 valence electrons. The van der Waals surface area contributed by atoms with Gasteiger partial charge in [-0.1, -0.05) is 103 Å². The lowest BCUT2D eigenvalue weighted by Gasteiger charge is -2.20. The van der Waals surface area contributed by atoms with E-state index in [0.717, 1.165) is 12.8 Å². The van der Waals surface area contributed by atoms with Gasteiger partial charge in [-0.15, -0.1) is 0 Å². The molecule has 0 atom stereocenters. The Morgan fingerprint density at radius 1 is 0.652 bits per heavy atom. The van der Waals surface area contributed by atoms with E-state index in [1.807, 2.05) is 0 Å². The molecular formula is C22H42O. The first-order valence-corrected chi connectivity index (χ1v) is 10.9. The molecule has 1 rings (SSSR count). The first-order chi connectivity index (χ1) is 11.3. The monoisotopic (exact) mass is 322 g/mol. The van der Waals surface area contributed by atoms with Gasteiger partial charge in [0.1, 0.15) is 5.78 Å². The zero-order valence-electron chi connectivity index (χ0n) is 15.9. The van der Waals surface area contributed by atoms with Gasteiger partial charge in [-0.3, -0.25) is 4.79 Å². The lowest BCUT2D eigenvalue weighted by atomic mass is 9.84. The molecule has 1 fully saturated rings. The van der Waals surface area contributed by atoms with Crippen molar-refractivity contribution in [2.45, 2.75) is 129 Å². The molecule has 0 amide bonds. The van der Waals surface area contributed by atoms with Gasteiger partial charge >= 0.3 is 0 Å². The summed E-state index contributed by atoms with van der Waals surface area (Å²) in [4.78, 5) is 12.1. The van der Waals surface area contributed by atoms with Crippen LogP contribution in [0.2, 0.25) is 0 Å². The second-order valence-electron chi connectivity index (χ2n) is 7.79. The third kappa shape index (κ3) is 11.8. The lowest BCUT2D eigenvalue weighted by Crippen LogP contribution is -2.17. The van der Waals surface area contributed by atoms with Gasteiger partial charge in [0, 0.05) is 12.3 Å². The maximum Gasteiger partial charge on any atom is 0.135 e. The van der Waals surface area contributed by atoms with Gasteiger partial charge in [0.25, 0.3) is 0 Å². The highest BCUT2D eigenvalue weighted by Gasteiger charge is 2.19. The molecule has 1 aliphatic carbocycles. The average Bonchev–Trinajstić information content (AvgIpc) is 2.59. The van der Waals surface area contributed by atoms with Gasteiger partial charge in [-0.2, -0.15) is 0 Å². The third-order valence-corrected chi connectivity index (χ3v) is 5.59. The minimum Gasteiger partial charge on any atom is -0.299 e. The van der Waals surface area contributed by atoms with E-state index in [-0.39, 0.29) is 0 Å². The molecule has 0 unspecified atom stereocenters. The summed E-state index contributed by atoms with van der Waals surface area (Å²) in [6, 6.07) is 0. The van der Waals surface area contributed by atoms with Gasteiger partial charge in [-0.05, 0) is 19.3 Å². The minimum atomic E-state index is 0.432. The van der Waals surface area contributed by atoms with E-state index in [4.69, 9.17) is 0 Å². The molecule has 1 heteroatoms. The highest BCUT2D eigenvalue weighted by Crippen LogP contribution is 2.26. The molecule has 1 aliphatic rings. The molecule has 1 nitrogen and oxygen atoms in total. The van der Waals surface area contributed by atoms with Crippen LogP contribution < -0.4 is 0 Å². The van der Waals surface area contributed by atoms with Crippen molar-refractivity contribution in [3.63, 3.8) is 0 Å². The van der Waals surface area contributed by atoms with Gasteiger partial charge < -0.3 is 0 Å². The van der Waals surface area contributed by atoms with Crippen LogP contribution in [0.15, 0.2) is 0 Å². The first-order valence-electron chi connectivity index (χ1n) is 10.9.